The molecule has 2 N–H and O–H groups in total. The molecule has 0 radical (unpaired) electrons. The molecule has 1 saturated heterocycles. The first-order valence-corrected chi connectivity index (χ1v) is 9.45. The van der Waals surface area contributed by atoms with Gasteiger partial charge < -0.3 is 15.4 Å². The number of anilines is 1. The maximum Gasteiger partial charge on any atom is 0.263 e. The standard InChI is InChI=1S/C23H24N2O2/c1-16(23(26)25-12-2-3-13-25)27-22-11-8-18-4-5-19(14-20(18)15-22)17-6-9-21(24)10-7-17/h4-11,14-16H,2-3,12-13,24H2,1H3. The minimum atomic E-state index is -0.471. The van der Waals surface area contributed by atoms with Gasteiger partial charge in [0.2, 0.25) is 0 Å². The smallest absolute Gasteiger partial charge is 0.263 e. The van der Waals surface area contributed by atoms with Crippen LogP contribution in [0, 0.1) is 0 Å². The Hall–Kier alpha value is -3.01. The van der Waals surface area contributed by atoms with Crippen molar-refractivity contribution in [3.05, 3.63) is 60.7 Å². The van der Waals surface area contributed by atoms with Crippen molar-refractivity contribution < 1.29 is 9.53 Å². The number of ether oxygens (including phenoxy) is 1. The topological polar surface area (TPSA) is 55.6 Å². The quantitative estimate of drug-likeness (QED) is 0.698. The van der Waals surface area contributed by atoms with E-state index in [0.29, 0.717) is 0 Å². The van der Waals surface area contributed by atoms with Crippen molar-refractivity contribution in [2.45, 2.75) is 25.9 Å². The highest BCUT2D eigenvalue weighted by molar-refractivity contribution is 5.88. The van der Waals surface area contributed by atoms with Gasteiger partial charge in [-0.05, 0) is 72.0 Å². The molecule has 1 aliphatic rings. The second-order valence-electron chi connectivity index (χ2n) is 7.14. The molecule has 3 aromatic carbocycles. The molecular formula is C23H24N2O2. The first-order valence-electron chi connectivity index (χ1n) is 9.45. The zero-order valence-electron chi connectivity index (χ0n) is 15.5. The Bertz CT molecular complexity index is 960. The summed E-state index contributed by atoms with van der Waals surface area (Å²) in [6, 6.07) is 20.2. The largest absolute Gasteiger partial charge is 0.481 e. The number of hydrogen-bond donors (Lipinski definition) is 1. The molecule has 4 nitrogen and oxygen atoms in total. The van der Waals surface area contributed by atoms with Gasteiger partial charge in [-0.25, -0.2) is 0 Å². The van der Waals surface area contributed by atoms with Gasteiger partial charge in [0.05, 0.1) is 0 Å². The Kier molecular flexibility index (Phi) is 4.71. The molecule has 0 aromatic heterocycles. The monoisotopic (exact) mass is 360 g/mol. The van der Waals surface area contributed by atoms with E-state index >= 15 is 0 Å². The molecule has 1 aliphatic heterocycles. The van der Waals surface area contributed by atoms with E-state index in [-0.39, 0.29) is 5.91 Å². The number of hydrogen-bond acceptors (Lipinski definition) is 3. The molecule has 1 amide bonds. The van der Waals surface area contributed by atoms with Gasteiger partial charge in [0.15, 0.2) is 6.10 Å². The lowest BCUT2D eigenvalue weighted by atomic mass is 10.0. The lowest BCUT2D eigenvalue weighted by molar-refractivity contribution is -0.136. The molecule has 0 aliphatic carbocycles. The van der Waals surface area contributed by atoms with Crippen molar-refractivity contribution in [2.75, 3.05) is 18.8 Å². The first kappa shape index (κ1) is 17.4. The Morgan fingerprint density at radius 2 is 1.59 bits per heavy atom. The lowest BCUT2D eigenvalue weighted by Gasteiger charge is -2.21. The van der Waals surface area contributed by atoms with E-state index in [9.17, 15) is 4.79 Å². The van der Waals surface area contributed by atoms with Crippen LogP contribution in [0.25, 0.3) is 21.9 Å². The van der Waals surface area contributed by atoms with Crippen molar-refractivity contribution in [3.63, 3.8) is 0 Å². The van der Waals surface area contributed by atoms with Gasteiger partial charge in [-0.1, -0.05) is 30.3 Å². The van der Waals surface area contributed by atoms with Gasteiger partial charge >= 0.3 is 0 Å². The molecule has 1 atom stereocenters. The van der Waals surface area contributed by atoms with Gasteiger partial charge in [-0.3, -0.25) is 4.79 Å². The maximum absolute atomic E-state index is 12.5. The van der Waals surface area contributed by atoms with Crippen LogP contribution in [-0.2, 0) is 4.79 Å². The number of rotatable bonds is 4. The molecule has 4 heteroatoms. The molecule has 138 valence electrons. The van der Waals surface area contributed by atoms with Crippen LogP contribution in [0.2, 0.25) is 0 Å². The summed E-state index contributed by atoms with van der Waals surface area (Å²) in [7, 11) is 0. The maximum atomic E-state index is 12.5. The van der Waals surface area contributed by atoms with E-state index in [2.05, 4.69) is 18.2 Å². The van der Waals surface area contributed by atoms with Gasteiger partial charge in [-0.2, -0.15) is 0 Å². The zero-order chi connectivity index (χ0) is 18.8. The number of nitrogens with two attached hydrogens (primary N) is 1. The van der Waals surface area contributed by atoms with Gasteiger partial charge in [-0.15, -0.1) is 0 Å². The van der Waals surface area contributed by atoms with Crippen molar-refractivity contribution in [2.24, 2.45) is 0 Å². The van der Waals surface area contributed by atoms with Crippen molar-refractivity contribution in [3.8, 4) is 16.9 Å². The fourth-order valence-corrected chi connectivity index (χ4v) is 3.60. The van der Waals surface area contributed by atoms with E-state index in [4.69, 9.17) is 10.5 Å². The summed E-state index contributed by atoms with van der Waals surface area (Å²) in [6.07, 6.45) is 1.70. The number of nitrogens with zero attached hydrogens (tertiary/aromatic N) is 1. The number of carbonyl (C=O) groups excluding carboxylic acids is 1. The SMILES string of the molecule is CC(Oc1ccc2ccc(-c3ccc(N)cc3)cc2c1)C(=O)N1CCCC1. The molecule has 3 aromatic rings. The molecule has 27 heavy (non-hydrogen) atoms. The van der Waals surface area contributed by atoms with Crippen LogP contribution in [-0.4, -0.2) is 30.0 Å². The summed E-state index contributed by atoms with van der Waals surface area (Å²) in [5.74, 6) is 0.792. The number of nitrogen functional groups attached to an aromatic ring is 1. The van der Waals surface area contributed by atoms with E-state index in [1.807, 2.05) is 54.3 Å². The summed E-state index contributed by atoms with van der Waals surface area (Å²) in [4.78, 5) is 14.4. The minimum Gasteiger partial charge on any atom is -0.481 e. The third-order valence-electron chi connectivity index (χ3n) is 5.13. The van der Waals surface area contributed by atoms with E-state index in [0.717, 1.165) is 59.3 Å². The van der Waals surface area contributed by atoms with Gasteiger partial charge in [0.1, 0.15) is 5.75 Å². The number of likely N-dealkylation sites (tertiary alicyclic amines) is 1. The summed E-state index contributed by atoms with van der Waals surface area (Å²) in [6.45, 7) is 3.51. The summed E-state index contributed by atoms with van der Waals surface area (Å²) in [5, 5.41) is 2.22. The summed E-state index contributed by atoms with van der Waals surface area (Å²) < 4.78 is 5.95. The molecule has 1 fully saturated rings. The average Bonchev–Trinajstić information content (AvgIpc) is 3.22. The average molecular weight is 360 g/mol. The second-order valence-corrected chi connectivity index (χ2v) is 7.14. The van der Waals surface area contributed by atoms with Crippen LogP contribution in [0.5, 0.6) is 5.75 Å². The molecule has 0 spiro atoms. The van der Waals surface area contributed by atoms with Crippen LogP contribution >= 0.6 is 0 Å². The molecule has 1 heterocycles. The fourth-order valence-electron chi connectivity index (χ4n) is 3.60. The molecule has 1 unspecified atom stereocenters. The van der Waals surface area contributed by atoms with E-state index in [1.165, 1.54) is 0 Å². The van der Waals surface area contributed by atoms with Crippen molar-refractivity contribution in [1.82, 2.24) is 4.90 Å². The third-order valence-corrected chi connectivity index (χ3v) is 5.13. The third kappa shape index (κ3) is 3.75. The number of fused-ring (bicyclic) bond motifs is 1. The van der Waals surface area contributed by atoms with Crippen molar-refractivity contribution in [1.29, 1.82) is 0 Å². The summed E-state index contributed by atoms with van der Waals surface area (Å²) in [5.41, 5.74) is 8.79. The normalized spacial score (nSPS) is 15.1. The van der Waals surface area contributed by atoms with E-state index < -0.39 is 6.10 Å². The molecular weight excluding hydrogens is 336 g/mol. The molecule has 0 bridgehead atoms. The van der Waals surface area contributed by atoms with Crippen LogP contribution < -0.4 is 10.5 Å². The van der Waals surface area contributed by atoms with Gasteiger partial charge in [0, 0.05) is 18.8 Å². The molecule has 4 rings (SSSR count). The van der Waals surface area contributed by atoms with Crippen LogP contribution in [0.1, 0.15) is 19.8 Å². The van der Waals surface area contributed by atoms with Crippen molar-refractivity contribution >= 4 is 22.4 Å². The number of amides is 1. The Morgan fingerprint density at radius 1 is 0.926 bits per heavy atom. The highest BCUT2D eigenvalue weighted by Gasteiger charge is 2.24. The van der Waals surface area contributed by atoms with Crippen LogP contribution in [0.3, 0.4) is 0 Å². The van der Waals surface area contributed by atoms with Crippen LogP contribution in [0.4, 0.5) is 5.69 Å². The first-order chi connectivity index (χ1) is 13.1. The predicted octanol–water partition coefficient (Wildman–Crippen LogP) is 4.48. The predicted molar refractivity (Wildman–Crippen MR) is 110 cm³/mol. The summed E-state index contributed by atoms with van der Waals surface area (Å²) >= 11 is 0. The van der Waals surface area contributed by atoms with Gasteiger partial charge in [0.25, 0.3) is 5.91 Å². The van der Waals surface area contributed by atoms with Crippen LogP contribution in [0.15, 0.2) is 60.7 Å². The Balaban J connectivity index is 1.57. The fraction of sp³-hybridized carbons (Fsp3) is 0.261. The second kappa shape index (κ2) is 7.31. The number of carbonyl (C=O) groups is 1. The number of benzene rings is 3. The zero-order valence-corrected chi connectivity index (χ0v) is 15.5. The highest BCUT2D eigenvalue weighted by atomic mass is 16.5. The Morgan fingerprint density at radius 3 is 2.33 bits per heavy atom. The molecule has 0 saturated carbocycles. The highest BCUT2D eigenvalue weighted by Crippen LogP contribution is 2.28. The van der Waals surface area contributed by atoms with E-state index in [1.54, 1.807) is 0 Å². The Labute approximate surface area is 159 Å². The lowest BCUT2D eigenvalue weighted by Crippen LogP contribution is -2.38. The minimum absolute atomic E-state index is 0.0724.